The van der Waals surface area contributed by atoms with Gasteiger partial charge in [0.05, 0.1) is 0 Å². The van der Waals surface area contributed by atoms with E-state index >= 15 is 0 Å². The molecule has 4 rings (SSSR count). The number of halogens is 1. The molecule has 0 fully saturated rings. The molecule has 0 N–H and O–H groups in total. The molecule has 0 saturated heterocycles. The van der Waals surface area contributed by atoms with Gasteiger partial charge >= 0.3 is 11.9 Å². The fraction of sp³-hybridized carbons (Fsp3) is 0.500. The third-order valence-electron chi connectivity index (χ3n) is 6.15. The molecule has 2 aliphatic heterocycles. The van der Waals surface area contributed by atoms with Gasteiger partial charge in [-0.05, 0) is 73.3 Å². The van der Waals surface area contributed by atoms with E-state index in [1.807, 2.05) is 18.7 Å². The van der Waals surface area contributed by atoms with E-state index in [9.17, 15) is 14.4 Å². The van der Waals surface area contributed by atoms with Crippen molar-refractivity contribution in [2.45, 2.75) is 52.4 Å². The van der Waals surface area contributed by atoms with Gasteiger partial charge < -0.3 is 4.90 Å². The van der Waals surface area contributed by atoms with Gasteiger partial charge in [0.25, 0.3) is 5.91 Å². The molecule has 0 radical (unpaired) electrons. The highest BCUT2D eigenvalue weighted by Crippen LogP contribution is 2.48. The lowest BCUT2D eigenvalue weighted by atomic mass is 9.88. The van der Waals surface area contributed by atoms with Crippen LogP contribution in [0.3, 0.4) is 0 Å². The van der Waals surface area contributed by atoms with E-state index in [1.54, 1.807) is 28.8 Å². The Morgan fingerprint density at radius 1 is 1.12 bits per heavy atom. The third kappa shape index (κ3) is 4.25. The van der Waals surface area contributed by atoms with E-state index in [2.05, 4.69) is 0 Å². The van der Waals surface area contributed by atoms with E-state index in [-0.39, 0.29) is 18.4 Å². The molecule has 0 spiro atoms. The van der Waals surface area contributed by atoms with E-state index in [0.29, 0.717) is 28.8 Å². The SMILES string of the molecule is CCCN(CCC)C(=O)C[N+]1=C2SC3=C(CCCC3)C2C(=O)N(c2ccc(Cl)cc2)C1=O. The fourth-order valence-corrected chi connectivity index (χ4v) is 6.26. The summed E-state index contributed by atoms with van der Waals surface area (Å²) >= 11 is 7.57. The quantitative estimate of drug-likeness (QED) is 0.518. The van der Waals surface area contributed by atoms with E-state index in [0.717, 1.165) is 44.1 Å². The second-order valence-corrected chi connectivity index (χ2v) is 9.98. The average molecular weight is 475 g/mol. The van der Waals surface area contributed by atoms with Crippen molar-refractivity contribution in [1.29, 1.82) is 0 Å². The van der Waals surface area contributed by atoms with Crippen LogP contribution < -0.4 is 4.90 Å². The number of hydrogen-bond donors (Lipinski definition) is 0. The van der Waals surface area contributed by atoms with Crippen molar-refractivity contribution in [3.8, 4) is 0 Å². The largest absolute Gasteiger partial charge is 0.507 e. The maximum atomic E-state index is 13.6. The Morgan fingerprint density at radius 2 is 1.78 bits per heavy atom. The third-order valence-corrected chi connectivity index (χ3v) is 7.78. The molecule has 170 valence electrons. The molecular formula is C24H29ClN3O3S+. The number of nitrogens with zero attached hydrogens (tertiary/aromatic N) is 3. The Balaban J connectivity index is 1.74. The lowest BCUT2D eigenvalue weighted by Crippen LogP contribution is -2.56. The Morgan fingerprint density at radius 3 is 2.44 bits per heavy atom. The van der Waals surface area contributed by atoms with Gasteiger partial charge in [0.2, 0.25) is 0 Å². The van der Waals surface area contributed by atoms with Gasteiger partial charge in [-0.25, -0.2) is 4.79 Å². The van der Waals surface area contributed by atoms with Gasteiger partial charge in [0.1, 0.15) is 5.69 Å². The molecule has 0 bridgehead atoms. The Labute approximate surface area is 198 Å². The van der Waals surface area contributed by atoms with Crippen molar-refractivity contribution in [3.63, 3.8) is 0 Å². The molecule has 3 aliphatic rings. The molecule has 4 amide bonds. The summed E-state index contributed by atoms with van der Waals surface area (Å²) < 4.78 is 1.55. The molecule has 1 aromatic rings. The van der Waals surface area contributed by atoms with Crippen LogP contribution in [0.5, 0.6) is 0 Å². The standard InChI is InChI=1S/C24H29ClN3O3S/c1-3-13-26(14-4-2)20(29)15-27-23-21(18-7-5-6-8-19(18)32-23)22(30)28(24(27)31)17-11-9-16(25)10-12-17/h9-12,21H,3-8,13-15H2,1-2H3/q+1. The number of allylic oxidation sites excluding steroid dienone is 1. The zero-order valence-corrected chi connectivity index (χ0v) is 20.2. The summed E-state index contributed by atoms with van der Waals surface area (Å²) in [7, 11) is 0. The predicted octanol–water partition coefficient (Wildman–Crippen LogP) is 5.06. The molecule has 1 unspecified atom stereocenters. The summed E-state index contributed by atoms with van der Waals surface area (Å²) in [6.45, 7) is 5.36. The zero-order chi connectivity index (χ0) is 22.8. The Kier molecular flexibility index (Phi) is 7.05. The summed E-state index contributed by atoms with van der Waals surface area (Å²) in [6.07, 6.45) is 5.66. The second kappa shape index (κ2) is 9.79. The molecule has 1 aromatic carbocycles. The predicted molar refractivity (Wildman–Crippen MR) is 128 cm³/mol. The fourth-order valence-electron chi connectivity index (χ4n) is 4.67. The second-order valence-electron chi connectivity index (χ2n) is 8.43. The number of anilines is 1. The van der Waals surface area contributed by atoms with Crippen molar-refractivity contribution in [2.24, 2.45) is 5.92 Å². The van der Waals surface area contributed by atoms with Crippen LogP contribution in [0.1, 0.15) is 52.4 Å². The van der Waals surface area contributed by atoms with E-state index in [1.165, 1.54) is 21.6 Å². The maximum absolute atomic E-state index is 13.6. The van der Waals surface area contributed by atoms with Crippen molar-refractivity contribution in [1.82, 2.24) is 4.90 Å². The first-order valence-electron chi connectivity index (χ1n) is 11.4. The van der Waals surface area contributed by atoms with Gasteiger partial charge in [-0.3, -0.25) is 4.79 Å². The van der Waals surface area contributed by atoms with Crippen molar-refractivity contribution >= 4 is 51.9 Å². The van der Waals surface area contributed by atoms with Gasteiger partial charge in [-0.1, -0.05) is 37.2 Å². The first kappa shape index (κ1) is 23.1. The molecule has 1 aliphatic carbocycles. The number of benzene rings is 1. The van der Waals surface area contributed by atoms with E-state index < -0.39 is 11.9 Å². The number of rotatable bonds is 7. The normalized spacial score (nSPS) is 20.6. The van der Waals surface area contributed by atoms with E-state index in [4.69, 9.17) is 11.6 Å². The summed E-state index contributed by atoms with van der Waals surface area (Å²) in [5.74, 6) is -0.777. The topological polar surface area (TPSA) is 60.7 Å². The molecule has 6 nitrogen and oxygen atoms in total. The van der Waals surface area contributed by atoms with Gasteiger partial charge in [0.15, 0.2) is 17.5 Å². The first-order valence-corrected chi connectivity index (χ1v) is 12.6. The van der Waals surface area contributed by atoms with Crippen LogP contribution in [0.15, 0.2) is 34.7 Å². The minimum absolute atomic E-state index is 0.0460. The lowest BCUT2D eigenvalue weighted by molar-refractivity contribution is -0.416. The number of carbonyl (C=O) groups excluding carboxylic acids is 3. The maximum Gasteiger partial charge on any atom is 0.507 e. The molecular weight excluding hydrogens is 446 g/mol. The lowest BCUT2D eigenvalue weighted by Gasteiger charge is -2.27. The molecule has 0 aromatic heterocycles. The highest BCUT2D eigenvalue weighted by atomic mass is 35.5. The summed E-state index contributed by atoms with van der Waals surface area (Å²) in [6, 6.07) is 6.25. The van der Waals surface area contributed by atoms with Crippen LogP contribution in [0.25, 0.3) is 0 Å². The van der Waals surface area contributed by atoms with Crippen LogP contribution in [0, 0.1) is 5.92 Å². The van der Waals surface area contributed by atoms with Gasteiger partial charge in [0, 0.05) is 18.1 Å². The van der Waals surface area contributed by atoms with Crippen LogP contribution >= 0.6 is 23.4 Å². The number of amides is 4. The monoisotopic (exact) mass is 474 g/mol. The van der Waals surface area contributed by atoms with Crippen LogP contribution in [-0.2, 0) is 9.59 Å². The molecule has 8 heteroatoms. The summed E-state index contributed by atoms with van der Waals surface area (Å²) in [5.41, 5.74) is 1.61. The summed E-state index contributed by atoms with van der Waals surface area (Å²) in [5, 5.41) is 1.24. The van der Waals surface area contributed by atoms with Gasteiger partial charge in [-0.2, -0.15) is 9.37 Å². The number of imide groups is 1. The average Bonchev–Trinajstić information content (AvgIpc) is 3.17. The van der Waals surface area contributed by atoms with Crippen molar-refractivity contribution < 1.29 is 19.0 Å². The van der Waals surface area contributed by atoms with Gasteiger partial charge in [-0.15, -0.1) is 4.90 Å². The Hall–Kier alpha value is -2.12. The number of hydrogen-bond acceptors (Lipinski definition) is 4. The van der Waals surface area contributed by atoms with Crippen LogP contribution in [-0.4, -0.2) is 52.0 Å². The highest BCUT2D eigenvalue weighted by Gasteiger charge is 2.54. The Bertz CT molecular complexity index is 996. The minimum Gasteiger partial charge on any atom is -0.339 e. The first-order chi connectivity index (χ1) is 15.5. The molecule has 2 heterocycles. The molecule has 32 heavy (non-hydrogen) atoms. The molecule has 1 atom stereocenters. The van der Waals surface area contributed by atoms with Crippen LogP contribution in [0.4, 0.5) is 10.5 Å². The van der Waals surface area contributed by atoms with Crippen molar-refractivity contribution in [2.75, 3.05) is 24.5 Å². The van der Waals surface area contributed by atoms with Crippen molar-refractivity contribution in [3.05, 3.63) is 39.8 Å². The number of thioether (sulfide) groups is 1. The smallest absolute Gasteiger partial charge is 0.339 e. The minimum atomic E-state index is -0.470. The highest BCUT2D eigenvalue weighted by molar-refractivity contribution is 8.17. The zero-order valence-electron chi connectivity index (χ0n) is 18.6. The van der Waals surface area contributed by atoms with Crippen LogP contribution in [0.2, 0.25) is 5.02 Å². The number of urea groups is 1. The number of carbonyl (C=O) groups is 3. The summed E-state index contributed by atoms with van der Waals surface area (Å²) in [4.78, 5) is 44.7. The molecule has 0 saturated carbocycles. The number of fused-ring (bicyclic) bond motifs is 2.